The van der Waals surface area contributed by atoms with Crippen molar-refractivity contribution in [3.05, 3.63) is 44.5 Å². The number of allylic oxidation sites excluding steroid dienone is 1. The molecule has 0 saturated heterocycles. The molecular weight excluding hydrogens is 488 g/mol. The van der Waals surface area contributed by atoms with Gasteiger partial charge in [0.05, 0.1) is 18.4 Å². The van der Waals surface area contributed by atoms with Gasteiger partial charge in [-0.2, -0.15) is 0 Å². The van der Waals surface area contributed by atoms with Crippen molar-refractivity contribution in [3.8, 4) is 11.4 Å². The number of methoxy groups -OCH3 is 1. The number of amides is 1. The van der Waals surface area contributed by atoms with Crippen LogP contribution >= 0.6 is 34.4 Å². The van der Waals surface area contributed by atoms with E-state index < -0.39 is 5.97 Å². The van der Waals surface area contributed by atoms with Crippen LogP contribution in [0.5, 0.6) is 0 Å². The quantitative estimate of drug-likeness (QED) is 0.229. The van der Waals surface area contributed by atoms with Gasteiger partial charge in [-0.15, -0.1) is 39.4 Å². The smallest absolute Gasteiger partial charge is 0.341 e. The lowest BCUT2D eigenvalue weighted by molar-refractivity contribution is -0.113. The molecule has 10 heteroatoms. The van der Waals surface area contributed by atoms with Crippen LogP contribution in [-0.2, 0) is 35.3 Å². The van der Waals surface area contributed by atoms with Crippen LogP contribution in [-0.4, -0.2) is 39.5 Å². The van der Waals surface area contributed by atoms with Gasteiger partial charge in [-0.1, -0.05) is 24.8 Å². The van der Waals surface area contributed by atoms with E-state index in [9.17, 15) is 9.59 Å². The van der Waals surface area contributed by atoms with Crippen molar-refractivity contribution in [1.82, 2.24) is 14.8 Å². The number of anilines is 1. The number of rotatable bonds is 9. The molecule has 34 heavy (non-hydrogen) atoms. The Labute approximate surface area is 211 Å². The Hall–Kier alpha value is -2.43. The molecule has 0 aromatic carbocycles. The Kier molecular flexibility index (Phi) is 7.90. The molecule has 1 aliphatic carbocycles. The molecule has 0 fully saturated rings. The Morgan fingerprint density at radius 1 is 1.32 bits per heavy atom. The van der Waals surface area contributed by atoms with Crippen LogP contribution in [0.25, 0.3) is 11.4 Å². The number of aryl methyl sites for hydroxylation is 2. The van der Waals surface area contributed by atoms with E-state index in [0.29, 0.717) is 28.7 Å². The van der Waals surface area contributed by atoms with Crippen molar-refractivity contribution in [3.63, 3.8) is 0 Å². The second-order valence-corrected chi connectivity index (χ2v) is 11.1. The number of ether oxygens (including phenoxy) is 1. The summed E-state index contributed by atoms with van der Waals surface area (Å²) >= 11 is 4.52. The average molecular weight is 517 g/mol. The first-order chi connectivity index (χ1) is 16.5. The van der Waals surface area contributed by atoms with Crippen LogP contribution in [0.1, 0.15) is 51.0 Å². The minimum Gasteiger partial charge on any atom is -0.465 e. The Morgan fingerprint density at radius 2 is 2.12 bits per heavy atom. The summed E-state index contributed by atoms with van der Waals surface area (Å²) in [6.07, 6.45) is 7.15. The number of thioether (sulfide) groups is 1. The summed E-state index contributed by atoms with van der Waals surface area (Å²) in [6, 6.07) is 0. The van der Waals surface area contributed by atoms with Crippen molar-refractivity contribution in [2.75, 3.05) is 18.2 Å². The lowest BCUT2D eigenvalue weighted by Crippen LogP contribution is -2.16. The largest absolute Gasteiger partial charge is 0.465 e. The summed E-state index contributed by atoms with van der Waals surface area (Å²) in [7, 11) is 1.35. The zero-order valence-electron chi connectivity index (χ0n) is 19.6. The van der Waals surface area contributed by atoms with Gasteiger partial charge in [-0.25, -0.2) is 4.79 Å². The van der Waals surface area contributed by atoms with E-state index in [1.54, 1.807) is 11.3 Å². The van der Waals surface area contributed by atoms with Crippen molar-refractivity contribution in [2.45, 2.75) is 57.7 Å². The molecule has 1 amide bonds. The van der Waals surface area contributed by atoms with Crippen LogP contribution in [0, 0.1) is 6.92 Å². The van der Waals surface area contributed by atoms with E-state index in [4.69, 9.17) is 4.74 Å². The summed E-state index contributed by atoms with van der Waals surface area (Å²) in [5, 5.41) is 15.2. The standard InChI is InChI=1S/C24H28N4O3S3/c1-5-11-28-21(17-12-32-18-10-8-7-9-16(17)18)26-27-24(28)33-13-19(29)25-22-20(23(30)31-4)15(6-2)14(3)34-22/h5,12H,1,6-11,13H2,2-4H3,(H,25,29). The highest BCUT2D eigenvalue weighted by Gasteiger charge is 2.24. The topological polar surface area (TPSA) is 86.1 Å². The number of carbonyl (C=O) groups excluding carboxylic acids is 2. The van der Waals surface area contributed by atoms with Crippen molar-refractivity contribution >= 4 is 51.3 Å². The first kappa shape index (κ1) is 24.7. The Morgan fingerprint density at radius 3 is 2.85 bits per heavy atom. The molecule has 7 nitrogen and oxygen atoms in total. The third-order valence-electron chi connectivity index (χ3n) is 5.87. The van der Waals surface area contributed by atoms with Crippen molar-refractivity contribution in [2.24, 2.45) is 0 Å². The van der Waals surface area contributed by atoms with Gasteiger partial charge in [-0.05, 0) is 50.2 Å². The van der Waals surface area contributed by atoms with Gasteiger partial charge in [0.15, 0.2) is 11.0 Å². The van der Waals surface area contributed by atoms with E-state index in [1.807, 2.05) is 24.5 Å². The van der Waals surface area contributed by atoms with Crippen molar-refractivity contribution in [1.29, 1.82) is 0 Å². The highest BCUT2D eigenvalue weighted by Crippen LogP contribution is 2.37. The van der Waals surface area contributed by atoms with E-state index in [-0.39, 0.29) is 11.7 Å². The maximum absolute atomic E-state index is 12.8. The van der Waals surface area contributed by atoms with E-state index in [2.05, 4.69) is 27.5 Å². The molecule has 0 saturated carbocycles. The SMILES string of the molecule is C=CCn1c(SCC(=O)Nc2sc(C)c(CC)c2C(=O)OC)nnc1-c1csc2c1CCCC2. The molecular formula is C24H28N4O3S3. The fourth-order valence-electron chi connectivity index (χ4n) is 4.27. The number of esters is 1. The number of nitrogens with one attached hydrogen (secondary N) is 1. The van der Waals surface area contributed by atoms with Crippen LogP contribution in [0.3, 0.4) is 0 Å². The highest BCUT2D eigenvalue weighted by atomic mass is 32.2. The lowest BCUT2D eigenvalue weighted by Gasteiger charge is -2.13. The zero-order chi connectivity index (χ0) is 24.2. The molecule has 1 aliphatic rings. The number of carbonyl (C=O) groups is 2. The number of aromatic nitrogens is 3. The summed E-state index contributed by atoms with van der Waals surface area (Å²) in [6.45, 7) is 8.38. The van der Waals surface area contributed by atoms with Gasteiger partial charge in [-0.3, -0.25) is 9.36 Å². The minimum atomic E-state index is -0.432. The second-order valence-electron chi connectivity index (χ2n) is 7.99. The summed E-state index contributed by atoms with van der Waals surface area (Å²) in [4.78, 5) is 27.6. The molecule has 3 aromatic rings. The number of thiophene rings is 2. The van der Waals surface area contributed by atoms with Gasteiger partial charge >= 0.3 is 5.97 Å². The lowest BCUT2D eigenvalue weighted by atomic mass is 9.95. The molecule has 1 N–H and O–H groups in total. The Bertz CT molecular complexity index is 1220. The first-order valence-corrected chi connectivity index (χ1v) is 13.9. The average Bonchev–Trinajstić information content (AvgIpc) is 3.52. The first-order valence-electron chi connectivity index (χ1n) is 11.2. The van der Waals surface area contributed by atoms with Gasteiger partial charge in [0, 0.05) is 27.2 Å². The molecule has 3 aromatic heterocycles. The van der Waals surface area contributed by atoms with E-state index in [0.717, 1.165) is 34.7 Å². The van der Waals surface area contributed by atoms with Crippen LogP contribution in [0.15, 0.2) is 23.2 Å². The minimum absolute atomic E-state index is 0.149. The summed E-state index contributed by atoms with van der Waals surface area (Å²) in [5.74, 6) is 0.340. The molecule has 0 aliphatic heterocycles. The van der Waals surface area contributed by atoms with Gasteiger partial charge in [0.25, 0.3) is 0 Å². The fraction of sp³-hybridized carbons (Fsp3) is 0.417. The zero-order valence-corrected chi connectivity index (χ0v) is 22.1. The number of fused-ring (bicyclic) bond motifs is 1. The highest BCUT2D eigenvalue weighted by molar-refractivity contribution is 7.99. The number of hydrogen-bond acceptors (Lipinski definition) is 8. The summed E-state index contributed by atoms with van der Waals surface area (Å²) < 4.78 is 6.97. The number of hydrogen-bond donors (Lipinski definition) is 1. The molecule has 0 radical (unpaired) electrons. The maximum Gasteiger partial charge on any atom is 0.341 e. The third kappa shape index (κ3) is 4.85. The molecule has 180 valence electrons. The Balaban J connectivity index is 1.51. The van der Waals surface area contributed by atoms with E-state index >= 15 is 0 Å². The molecule has 4 rings (SSSR count). The molecule has 0 atom stereocenters. The normalized spacial score (nSPS) is 12.9. The predicted molar refractivity (Wildman–Crippen MR) is 139 cm³/mol. The third-order valence-corrected chi connectivity index (χ3v) is 8.99. The van der Waals surface area contributed by atoms with Crippen LogP contribution in [0.4, 0.5) is 5.00 Å². The predicted octanol–water partition coefficient (Wildman–Crippen LogP) is 5.52. The van der Waals surface area contributed by atoms with Gasteiger partial charge < -0.3 is 10.1 Å². The molecule has 3 heterocycles. The van der Waals surface area contributed by atoms with Gasteiger partial charge in [0.1, 0.15) is 5.00 Å². The van der Waals surface area contributed by atoms with Crippen molar-refractivity contribution < 1.29 is 14.3 Å². The van der Waals surface area contributed by atoms with Gasteiger partial charge in [0.2, 0.25) is 5.91 Å². The second kappa shape index (κ2) is 10.9. The molecule has 0 unspecified atom stereocenters. The monoisotopic (exact) mass is 516 g/mol. The van der Waals surface area contributed by atoms with E-state index in [1.165, 1.54) is 53.5 Å². The van der Waals surface area contributed by atoms with Crippen LogP contribution < -0.4 is 5.32 Å². The fourth-order valence-corrected chi connectivity index (χ4v) is 7.29. The maximum atomic E-state index is 12.8. The number of nitrogens with zero attached hydrogens (tertiary/aromatic N) is 3. The molecule has 0 spiro atoms. The molecule has 0 bridgehead atoms. The van der Waals surface area contributed by atoms with Crippen LogP contribution in [0.2, 0.25) is 0 Å². The summed E-state index contributed by atoms with van der Waals surface area (Å²) in [5.41, 5.74) is 3.90.